The SMILES string of the molecule is C=c1c(C)c2/c(=C\C)c(=C)c(=C)c3cccc(c1=C)c32. The minimum atomic E-state index is 1.01. The van der Waals surface area contributed by atoms with Crippen LogP contribution in [0.4, 0.5) is 0 Å². The van der Waals surface area contributed by atoms with Gasteiger partial charge in [0.15, 0.2) is 0 Å². The van der Waals surface area contributed by atoms with Crippen LogP contribution in [0.2, 0.25) is 0 Å². The van der Waals surface area contributed by atoms with E-state index in [1.807, 2.05) is 6.92 Å². The molecule has 0 saturated heterocycles. The molecule has 0 nitrogen and oxygen atoms in total. The van der Waals surface area contributed by atoms with Crippen LogP contribution in [0.3, 0.4) is 0 Å². The summed E-state index contributed by atoms with van der Waals surface area (Å²) in [5, 5.41) is 10.0. The average molecular weight is 258 g/mol. The fraction of sp³-hybridized carbons (Fsp3) is 0.100. The number of hydrogen-bond acceptors (Lipinski definition) is 0. The van der Waals surface area contributed by atoms with Crippen LogP contribution >= 0.6 is 0 Å². The summed E-state index contributed by atoms with van der Waals surface area (Å²) in [5.74, 6) is 0. The van der Waals surface area contributed by atoms with Gasteiger partial charge >= 0.3 is 0 Å². The number of rotatable bonds is 0. The number of aryl methyl sites for hydroxylation is 1. The molecule has 3 aromatic carbocycles. The zero-order valence-electron chi connectivity index (χ0n) is 12.1. The topological polar surface area (TPSA) is 0 Å². The summed E-state index contributed by atoms with van der Waals surface area (Å²) in [4.78, 5) is 0. The van der Waals surface area contributed by atoms with Gasteiger partial charge in [0, 0.05) is 0 Å². The van der Waals surface area contributed by atoms with Crippen LogP contribution in [0.1, 0.15) is 12.5 Å². The van der Waals surface area contributed by atoms with Gasteiger partial charge in [-0.15, -0.1) is 0 Å². The Morgan fingerprint density at radius 3 is 1.90 bits per heavy atom. The van der Waals surface area contributed by atoms with E-state index in [0.29, 0.717) is 0 Å². The second-order valence-electron chi connectivity index (χ2n) is 5.34. The normalized spacial score (nSPS) is 12.6. The standard InChI is InChI=1S/C20H18/c1-7-16-13(4)14(5)18-10-8-9-17-12(3)11(2)15(6)19(16)20(17)18/h7-10H,2-5H2,1,6H3/b16-7-. The van der Waals surface area contributed by atoms with Crippen LogP contribution in [-0.2, 0) is 0 Å². The molecule has 0 amide bonds. The van der Waals surface area contributed by atoms with Gasteiger partial charge in [-0.25, -0.2) is 0 Å². The molecule has 3 rings (SSSR count). The molecule has 98 valence electrons. The molecule has 0 bridgehead atoms. The lowest BCUT2D eigenvalue weighted by Crippen LogP contribution is -2.40. The fourth-order valence-electron chi connectivity index (χ4n) is 3.18. The molecule has 20 heavy (non-hydrogen) atoms. The van der Waals surface area contributed by atoms with Crippen LogP contribution in [0.25, 0.3) is 53.9 Å². The molecular formula is C20H18. The highest BCUT2D eigenvalue weighted by molar-refractivity contribution is 6.11. The largest absolute Gasteiger partial charge is 0.0909 e. The van der Waals surface area contributed by atoms with Crippen molar-refractivity contribution >= 4 is 53.9 Å². The summed E-state index contributed by atoms with van der Waals surface area (Å²) in [6, 6.07) is 6.30. The summed E-state index contributed by atoms with van der Waals surface area (Å²) in [6.07, 6.45) is 2.12. The second-order valence-corrected chi connectivity index (χ2v) is 5.34. The smallest absolute Gasteiger partial charge is 0.00178 e. The van der Waals surface area contributed by atoms with Crippen molar-refractivity contribution in [2.45, 2.75) is 13.8 Å². The van der Waals surface area contributed by atoms with E-state index < -0.39 is 0 Å². The Morgan fingerprint density at radius 2 is 1.35 bits per heavy atom. The molecule has 0 heteroatoms. The zero-order valence-corrected chi connectivity index (χ0v) is 12.1. The number of hydrogen-bond donors (Lipinski definition) is 0. The highest BCUT2D eigenvalue weighted by Crippen LogP contribution is 2.19. The van der Waals surface area contributed by atoms with Crippen molar-refractivity contribution in [3.8, 4) is 0 Å². The van der Waals surface area contributed by atoms with Crippen LogP contribution in [-0.4, -0.2) is 0 Å². The van der Waals surface area contributed by atoms with E-state index in [2.05, 4.69) is 57.5 Å². The second kappa shape index (κ2) is 4.08. The third-order valence-electron chi connectivity index (χ3n) is 4.40. The predicted molar refractivity (Wildman–Crippen MR) is 92.1 cm³/mol. The predicted octanol–water partition coefficient (Wildman–Crippen LogP) is 1.46. The maximum atomic E-state index is 4.22. The third kappa shape index (κ3) is 1.36. The van der Waals surface area contributed by atoms with E-state index >= 15 is 0 Å². The molecular weight excluding hydrogens is 240 g/mol. The van der Waals surface area contributed by atoms with E-state index in [1.54, 1.807) is 0 Å². The van der Waals surface area contributed by atoms with Gasteiger partial charge in [-0.2, -0.15) is 0 Å². The Morgan fingerprint density at radius 1 is 0.800 bits per heavy atom. The van der Waals surface area contributed by atoms with Gasteiger partial charge in [0.1, 0.15) is 0 Å². The third-order valence-corrected chi connectivity index (χ3v) is 4.40. The van der Waals surface area contributed by atoms with Crippen molar-refractivity contribution in [3.05, 3.63) is 49.9 Å². The van der Waals surface area contributed by atoms with E-state index in [4.69, 9.17) is 0 Å². The molecule has 0 aromatic heterocycles. The number of benzene rings is 3. The minimum absolute atomic E-state index is 1.01. The maximum Gasteiger partial charge on any atom is -0.00178 e. The molecule has 0 saturated carbocycles. The molecule has 0 unspecified atom stereocenters. The molecule has 0 N–H and O–H groups in total. The van der Waals surface area contributed by atoms with E-state index in [1.165, 1.54) is 32.3 Å². The van der Waals surface area contributed by atoms with Gasteiger partial charge in [-0.05, 0) is 67.0 Å². The van der Waals surface area contributed by atoms with Crippen LogP contribution < -0.4 is 26.1 Å². The van der Waals surface area contributed by atoms with Crippen LogP contribution in [0.15, 0.2) is 18.2 Å². The lowest BCUT2D eigenvalue weighted by atomic mass is 9.91. The molecule has 0 aliphatic carbocycles. The van der Waals surface area contributed by atoms with Crippen molar-refractivity contribution in [3.63, 3.8) is 0 Å². The highest BCUT2D eigenvalue weighted by atomic mass is 14.1. The highest BCUT2D eigenvalue weighted by Gasteiger charge is 2.09. The zero-order chi connectivity index (χ0) is 14.6. The van der Waals surface area contributed by atoms with E-state index in [9.17, 15) is 0 Å². The first kappa shape index (κ1) is 12.7. The Hall–Kier alpha value is -2.34. The van der Waals surface area contributed by atoms with Crippen molar-refractivity contribution in [1.82, 2.24) is 0 Å². The first-order valence-electron chi connectivity index (χ1n) is 6.77. The van der Waals surface area contributed by atoms with Crippen molar-refractivity contribution in [1.29, 1.82) is 0 Å². The van der Waals surface area contributed by atoms with Gasteiger partial charge in [-0.3, -0.25) is 0 Å². The molecule has 0 aliphatic rings. The lowest BCUT2D eigenvalue weighted by Gasteiger charge is -2.12. The Balaban J connectivity index is 3.05. The van der Waals surface area contributed by atoms with Crippen LogP contribution in [0.5, 0.6) is 0 Å². The summed E-state index contributed by atoms with van der Waals surface area (Å²) in [6.45, 7) is 21.0. The van der Waals surface area contributed by atoms with Gasteiger partial charge in [0.05, 0.1) is 0 Å². The monoisotopic (exact) mass is 258 g/mol. The molecule has 3 aromatic rings. The molecule has 0 heterocycles. The Labute approximate surface area is 118 Å². The van der Waals surface area contributed by atoms with E-state index in [0.717, 1.165) is 20.9 Å². The Kier molecular flexibility index (Phi) is 2.58. The van der Waals surface area contributed by atoms with Crippen molar-refractivity contribution < 1.29 is 0 Å². The quantitative estimate of drug-likeness (QED) is 0.573. The Bertz CT molecular complexity index is 1100. The van der Waals surface area contributed by atoms with Gasteiger partial charge in [0.2, 0.25) is 0 Å². The van der Waals surface area contributed by atoms with Gasteiger partial charge in [-0.1, -0.05) is 50.6 Å². The molecule has 0 atom stereocenters. The van der Waals surface area contributed by atoms with Crippen molar-refractivity contribution in [2.75, 3.05) is 0 Å². The first-order valence-corrected chi connectivity index (χ1v) is 6.77. The summed E-state index contributed by atoms with van der Waals surface area (Å²) < 4.78 is 0. The molecule has 0 spiro atoms. The fourth-order valence-corrected chi connectivity index (χ4v) is 3.18. The molecule has 0 fully saturated rings. The summed E-state index contributed by atoms with van der Waals surface area (Å²) in [7, 11) is 0. The van der Waals surface area contributed by atoms with Gasteiger partial charge in [0.25, 0.3) is 0 Å². The molecule has 0 aliphatic heterocycles. The minimum Gasteiger partial charge on any atom is -0.0909 e. The molecule has 0 radical (unpaired) electrons. The maximum absolute atomic E-state index is 4.22. The van der Waals surface area contributed by atoms with Crippen LogP contribution in [0, 0.1) is 6.92 Å². The first-order chi connectivity index (χ1) is 9.49. The van der Waals surface area contributed by atoms with Crippen molar-refractivity contribution in [2.24, 2.45) is 0 Å². The average Bonchev–Trinajstić information content (AvgIpc) is 2.46. The van der Waals surface area contributed by atoms with Gasteiger partial charge < -0.3 is 0 Å². The van der Waals surface area contributed by atoms with E-state index in [-0.39, 0.29) is 0 Å². The summed E-state index contributed by atoms with van der Waals surface area (Å²) >= 11 is 0. The summed E-state index contributed by atoms with van der Waals surface area (Å²) in [5.41, 5.74) is 1.19. The lowest BCUT2D eigenvalue weighted by molar-refractivity contribution is 1.42.